The normalized spacial score (nSPS) is 10.4. The molecule has 4 heteroatoms. The third kappa shape index (κ3) is 4.05. The summed E-state index contributed by atoms with van der Waals surface area (Å²) in [5.74, 6) is -0.273. The van der Waals surface area contributed by atoms with E-state index in [1.165, 1.54) is 0 Å². The lowest BCUT2D eigenvalue weighted by Gasteiger charge is -2.09. The highest BCUT2D eigenvalue weighted by Crippen LogP contribution is 2.14. The molecule has 1 amide bonds. The number of nitrogens with one attached hydrogen (secondary N) is 1. The minimum absolute atomic E-state index is 0.0831. The highest BCUT2D eigenvalue weighted by Gasteiger charge is 2.07. The van der Waals surface area contributed by atoms with Crippen molar-refractivity contribution in [3.8, 4) is 0 Å². The number of hydrogen-bond acceptors (Lipinski definition) is 2. The van der Waals surface area contributed by atoms with Crippen LogP contribution in [0.1, 0.15) is 22.3 Å². The van der Waals surface area contributed by atoms with Gasteiger partial charge in [0.15, 0.2) is 0 Å². The van der Waals surface area contributed by atoms with Gasteiger partial charge in [-0.15, -0.1) is 0 Å². The number of nitrogens with two attached hydrogens (primary N) is 1. The lowest BCUT2D eigenvalue weighted by atomic mass is 10.1. The van der Waals surface area contributed by atoms with Crippen LogP contribution < -0.4 is 11.1 Å². The molecule has 0 aliphatic rings. The first-order chi connectivity index (χ1) is 9.95. The molecule has 0 radical (unpaired) electrons. The maximum atomic E-state index is 13.5. The second-order valence-corrected chi connectivity index (χ2v) is 5.24. The predicted octanol–water partition coefficient (Wildman–Crippen LogP) is 2.88. The van der Waals surface area contributed by atoms with E-state index in [9.17, 15) is 9.18 Å². The number of carbonyl (C=O) groups is 1. The molecular formula is C17H19FN2O. The Labute approximate surface area is 124 Å². The van der Waals surface area contributed by atoms with Gasteiger partial charge in [-0.05, 0) is 48.2 Å². The van der Waals surface area contributed by atoms with Crippen molar-refractivity contribution in [3.05, 3.63) is 64.5 Å². The van der Waals surface area contributed by atoms with Gasteiger partial charge in [-0.25, -0.2) is 4.39 Å². The van der Waals surface area contributed by atoms with Crippen molar-refractivity contribution in [3.63, 3.8) is 0 Å². The van der Waals surface area contributed by atoms with E-state index in [1.54, 1.807) is 38.1 Å². The summed E-state index contributed by atoms with van der Waals surface area (Å²) in [6.45, 7) is 3.84. The highest BCUT2D eigenvalue weighted by molar-refractivity contribution is 5.78. The van der Waals surface area contributed by atoms with Crippen molar-refractivity contribution < 1.29 is 9.18 Å². The van der Waals surface area contributed by atoms with E-state index < -0.39 is 0 Å². The Kier molecular flexibility index (Phi) is 4.58. The lowest BCUT2D eigenvalue weighted by Crippen LogP contribution is -2.24. The average molecular weight is 286 g/mol. The molecule has 2 rings (SSSR count). The SMILES string of the molecule is Cc1cc(CNC(=O)Cc2cccc(N)c2)cc(C)c1F. The van der Waals surface area contributed by atoms with Crippen LogP contribution in [0.15, 0.2) is 36.4 Å². The molecule has 3 nitrogen and oxygen atoms in total. The number of hydrogen-bond donors (Lipinski definition) is 2. The third-order valence-electron chi connectivity index (χ3n) is 3.30. The lowest BCUT2D eigenvalue weighted by molar-refractivity contribution is -0.120. The zero-order chi connectivity index (χ0) is 15.4. The Balaban J connectivity index is 1.95. The summed E-state index contributed by atoms with van der Waals surface area (Å²) in [6, 6.07) is 10.8. The van der Waals surface area contributed by atoms with Crippen molar-refractivity contribution >= 4 is 11.6 Å². The fourth-order valence-corrected chi connectivity index (χ4v) is 2.29. The summed E-state index contributed by atoms with van der Waals surface area (Å²) in [7, 11) is 0. The maximum absolute atomic E-state index is 13.5. The number of benzene rings is 2. The summed E-state index contributed by atoms with van der Waals surface area (Å²) < 4.78 is 13.5. The van der Waals surface area contributed by atoms with Gasteiger partial charge < -0.3 is 11.1 Å². The Morgan fingerprint density at radius 2 is 1.81 bits per heavy atom. The van der Waals surface area contributed by atoms with Crippen molar-refractivity contribution in [1.29, 1.82) is 0 Å². The van der Waals surface area contributed by atoms with Gasteiger partial charge in [0.1, 0.15) is 5.82 Å². The number of aryl methyl sites for hydroxylation is 2. The summed E-state index contributed by atoms with van der Waals surface area (Å²) in [5, 5.41) is 2.84. The van der Waals surface area contributed by atoms with Gasteiger partial charge in [0, 0.05) is 12.2 Å². The first-order valence-corrected chi connectivity index (χ1v) is 6.82. The van der Waals surface area contributed by atoms with E-state index in [1.807, 2.05) is 12.1 Å². The van der Waals surface area contributed by atoms with Crippen LogP contribution in [-0.4, -0.2) is 5.91 Å². The van der Waals surface area contributed by atoms with E-state index >= 15 is 0 Å². The molecule has 0 aliphatic carbocycles. The van der Waals surface area contributed by atoms with Crippen LogP contribution in [0.4, 0.5) is 10.1 Å². The number of halogens is 1. The summed E-state index contributed by atoms with van der Waals surface area (Å²) in [4.78, 5) is 11.9. The van der Waals surface area contributed by atoms with Gasteiger partial charge in [-0.2, -0.15) is 0 Å². The first-order valence-electron chi connectivity index (χ1n) is 6.82. The molecule has 110 valence electrons. The molecule has 0 atom stereocenters. The highest BCUT2D eigenvalue weighted by atomic mass is 19.1. The molecule has 0 aromatic heterocycles. The summed E-state index contributed by atoms with van der Waals surface area (Å²) in [6.07, 6.45) is 0.282. The quantitative estimate of drug-likeness (QED) is 0.849. The van der Waals surface area contributed by atoms with Crippen molar-refractivity contribution in [2.75, 3.05) is 5.73 Å². The average Bonchev–Trinajstić information content (AvgIpc) is 2.42. The van der Waals surface area contributed by atoms with E-state index in [-0.39, 0.29) is 18.1 Å². The van der Waals surface area contributed by atoms with Crippen LogP contribution in [0.25, 0.3) is 0 Å². The third-order valence-corrected chi connectivity index (χ3v) is 3.30. The zero-order valence-electron chi connectivity index (χ0n) is 12.2. The molecule has 21 heavy (non-hydrogen) atoms. The smallest absolute Gasteiger partial charge is 0.224 e. The molecule has 0 heterocycles. The Hall–Kier alpha value is -2.36. The van der Waals surface area contributed by atoms with Gasteiger partial charge in [0.2, 0.25) is 5.91 Å². The van der Waals surface area contributed by atoms with Crippen molar-refractivity contribution in [2.24, 2.45) is 0 Å². The van der Waals surface area contributed by atoms with Gasteiger partial charge in [0.25, 0.3) is 0 Å². The van der Waals surface area contributed by atoms with Crippen LogP contribution in [-0.2, 0) is 17.8 Å². The van der Waals surface area contributed by atoms with E-state index in [0.717, 1.165) is 11.1 Å². The Bertz CT molecular complexity index is 645. The van der Waals surface area contributed by atoms with Crippen LogP contribution in [0.5, 0.6) is 0 Å². The molecule has 2 aromatic rings. The van der Waals surface area contributed by atoms with Crippen LogP contribution in [0, 0.1) is 19.7 Å². The molecule has 0 spiro atoms. The minimum atomic E-state index is -0.190. The Morgan fingerprint density at radius 3 is 2.43 bits per heavy atom. The fraction of sp³-hybridized carbons (Fsp3) is 0.235. The van der Waals surface area contributed by atoms with Crippen LogP contribution >= 0.6 is 0 Å². The number of nitrogen functional groups attached to an aromatic ring is 1. The minimum Gasteiger partial charge on any atom is -0.399 e. The van der Waals surface area contributed by atoms with E-state index in [0.29, 0.717) is 23.4 Å². The van der Waals surface area contributed by atoms with Crippen molar-refractivity contribution in [2.45, 2.75) is 26.8 Å². The number of amides is 1. The predicted molar refractivity (Wildman–Crippen MR) is 82.3 cm³/mol. The molecule has 0 unspecified atom stereocenters. The van der Waals surface area contributed by atoms with Gasteiger partial charge in [0.05, 0.1) is 6.42 Å². The second-order valence-electron chi connectivity index (χ2n) is 5.24. The first kappa shape index (κ1) is 15.0. The second kappa shape index (κ2) is 6.39. The molecule has 0 saturated carbocycles. The fourth-order valence-electron chi connectivity index (χ4n) is 2.29. The molecule has 2 aromatic carbocycles. The zero-order valence-corrected chi connectivity index (χ0v) is 12.2. The Morgan fingerprint density at radius 1 is 1.14 bits per heavy atom. The topological polar surface area (TPSA) is 55.1 Å². The van der Waals surface area contributed by atoms with Crippen molar-refractivity contribution in [1.82, 2.24) is 5.32 Å². The molecule has 0 saturated heterocycles. The molecule has 3 N–H and O–H groups in total. The largest absolute Gasteiger partial charge is 0.399 e. The molecule has 0 bridgehead atoms. The van der Waals surface area contributed by atoms with Crippen LogP contribution in [0.3, 0.4) is 0 Å². The van der Waals surface area contributed by atoms with E-state index in [4.69, 9.17) is 5.73 Å². The summed E-state index contributed by atoms with van der Waals surface area (Å²) in [5.41, 5.74) is 9.28. The van der Waals surface area contributed by atoms with Gasteiger partial charge >= 0.3 is 0 Å². The maximum Gasteiger partial charge on any atom is 0.224 e. The molecular weight excluding hydrogens is 267 g/mol. The van der Waals surface area contributed by atoms with E-state index in [2.05, 4.69) is 5.32 Å². The number of carbonyl (C=O) groups excluding carboxylic acids is 1. The van der Waals surface area contributed by atoms with Gasteiger partial charge in [-0.3, -0.25) is 4.79 Å². The monoisotopic (exact) mass is 286 g/mol. The molecule has 0 fully saturated rings. The van der Waals surface area contributed by atoms with Crippen LogP contribution in [0.2, 0.25) is 0 Å². The van der Waals surface area contributed by atoms with Gasteiger partial charge in [-0.1, -0.05) is 24.3 Å². The standard InChI is InChI=1S/C17H19FN2O/c1-11-6-14(7-12(2)17(11)18)10-20-16(21)9-13-4-3-5-15(19)8-13/h3-8H,9-10,19H2,1-2H3,(H,20,21). The number of rotatable bonds is 4. The summed E-state index contributed by atoms with van der Waals surface area (Å²) >= 11 is 0. The number of anilines is 1. The molecule has 0 aliphatic heterocycles.